The van der Waals surface area contributed by atoms with Gasteiger partial charge in [-0.15, -0.1) is 0 Å². The molecule has 56 valence electrons. The van der Waals surface area contributed by atoms with Gasteiger partial charge in [0.05, 0.1) is 5.69 Å². The van der Waals surface area contributed by atoms with Crippen molar-refractivity contribution in [2.75, 3.05) is 11.5 Å². The van der Waals surface area contributed by atoms with Gasteiger partial charge in [-0.25, -0.2) is 4.98 Å². The number of nitrogen functional groups attached to an aromatic ring is 2. The van der Waals surface area contributed by atoms with E-state index in [1.165, 1.54) is 11.3 Å². The predicted octanol–water partition coefficient (Wildman–Crippen LogP) is 1.46. The number of nitrogens with two attached hydrogens (primary N) is 2. The lowest BCUT2D eigenvalue weighted by molar-refractivity contribution is 1.45. The molecular formula is C7H7N3S. The van der Waals surface area contributed by atoms with Gasteiger partial charge in [-0.3, -0.25) is 0 Å². The normalized spacial score (nSPS) is 10.5. The summed E-state index contributed by atoms with van der Waals surface area (Å²) >= 11 is 1.42. The molecule has 0 saturated carbocycles. The minimum Gasteiger partial charge on any atom is -0.396 e. The quantitative estimate of drug-likeness (QED) is 0.621. The first-order chi connectivity index (χ1) is 5.29. The first-order valence-electron chi connectivity index (χ1n) is 3.17. The molecule has 4 heteroatoms. The third-order valence-electron chi connectivity index (χ3n) is 1.53. The van der Waals surface area contributed by atoms with Crippen LogP contribution in [0.25, 0.3) is 10.2 Å². The Labute approximate surface area is 67.7 Å². The van der Waals surface area contributed by atoms with Crippen LogP contribution in [0.5, 0.6) is 0 Å². The van der Waals surface area contributed by atoms with Crippen LogP contribution in [0.3, 0.4) is 0 Å². The summed E-state index contributed by atoms with van der Waals surface area (Å²) in [6.07, 6.45) is 1.73. The van der Waals surface area contributed by atoms with Gasteiger partial charge in [-0.05, 0) is 12.1 Å². The van der Waals surface area contributed by atoms with Gasteiger partial charge in [0, 0.05) is 11.6 Å². The molecule has 0 fully saturated rings. The van der Waals surface area contributed by atoms with E-state index in [1.54, 1.807) is 6.20 Å². The first kappa shape index (κ1) is 6.42. The minimum absolute atomic E-state index is 0.651. The minimum atomic E-state index is 0.651. The Morgan fingerprint density at radius 1 is 1.36 bits per heavy atom. The molecule has 0 amide bonds. The molecule has 3 nitrogen and oxygen atoms in total. The Kier molecular flexibility index (Phi) is 1.22. The van der Waals surface area contributed by atoms with Crippen molar-refractivity contribution in [3.8, 4) is 0 Å². The van der Waals surface area contributed by atoms with E-state index in [4.69, 9.17) is 11.5 Å². The molecule has 2 heterocycles. The predicted molar refractivity (Wildman–Crippen MR) is 48.4 cm³/mol. The van der Waals surface area contributed by atoms with Gasteiger partial charge >= 0.3 is 0 Å². The third-order valence-corrected chi connectivity index (χ3v) is 2.49. The van der Waals surface area contributed by atoms with Crippen LogP contribution < -0.4 is 11.5 Å². The number of thiophene rings is 1. The van der Waals surface area contributed by atoms with Gasteiger partial charge < -0.3 is 11.5 Å². The lowest BCUT2D eigenvalue weighted by Gasteiger charge is -1.88. The topological polar surface area (TPSA) is 64.9 Å². The Bertz CT molecular complexity index is 393. The number of rotatable bonds is 0. The van der Waals surface area contributed by atoms with E-state index in [9.17, 15) is 0 Å². The number of pyridine rings is 1. The fourth-order valence-corrected chi connectivity index (χ4v) is 1.80. The molecule has 11 heavy (non-hydrogen) atoms. The number of hydrogen-bond acceptors (Lipinski definition) is 4. The molecule has 2 aromatic rings. The van der Waals surface area contributed by atoms with E-state index in [-0.39, 0.29) is 0 Å². The van der Waals surface area contributed by atoms with Crippen LogP contribution in [0.4, 0.5) is 10.7 Å². The van der Waals surface area contributed by atoms with Crippen LogP contribution in [0.2, 0.25) is 0 Å². The highest BCUT2D eigenvalue weighted by Crippen LogP contribution is 2.33. The van der Waals surface area contributed by atoms with Crippen LogP contribution in [-0.2, 0) is 0 Å². The second-order valence-electron chi connectivity index (χ2n) is 2.24. The van der Waals surface area contributed by atoms with Crippen molar-refractivity contribution in [3.05, 3.63) is 18.3 Å². The maximum Gasteiger partial charge on any atom is 0.127 e. The molecule has 2 rings (SSSR count). The molecule has 0 aliphatic heterocycles. The van der Waals surface area contributed by atoms with Crippen molar-refractivity contribution in [2.45, 2.75) is 0 Å². The van der Waals surface area contributed by atoms with Gasteiger partial charge in [0.15, 0.2) is 0 Å². The molecule has 2 aromatic heterocycles. The summed E-state index contributed by atoms with van der Waals surface area (Å²) in [5, 5.41) is 1.61. The smallest absolute Gasteiger partial charge is 0.127 e. The van der Waals surface area contributed by atoms with E-state index >= 15 is 0 Å². The summed E-state index contributed by atoms with van der Waals surface area (Å²) in [5.74, 6) is 0. The van der Waals surface area contributed by atoms with Gasteiger partial charge in [0.25, 0.3) is 0 Å². The van der Waals surface area contributed by atoms with Crippen LogP contribution in [0.15, 0.2) is 18.3 Å². The molecule has 0 radical (unpaired) electrons. The Morgan fingerprint density at radius 2 is 2.18 bits per heavy atom. The molecule has 0 aliphatic carbocycles. The van der Waals surface area contributed by atoms with E-state index < -0.39 is 0 Å². The van der Waals surface area contributed by atoms with E-state index in [2.05, 4.69) is 4.98 Å². The first-order valence-corrected chi connectivity index (χ1v) is 3.99. The highest BCUT2D eigenvalue weighted by Gasteiger charge is 2.04. The van der Waals surface area contributed by atoms with Gasteiger partial charge in [-0.2, -0.15) is 0 Å². The molecule has 0 unspecified atom stereocenters. The number of fused-ring (bicyclic) bond motifs is 1. The lowest BCUT2D eigenvalue weighted by Crippen LogP contribution is -1.87. The molecule has 0 spiro atoms. The zero-order chi connectivity index (χ0) is 7.84. The second kappa shape index (κ2) is 2.10. The van der Waals surface area contributed by atoms with Crippen molar-refractivity contribution in [2.24, 2.45) is 0 Å². The zero-order valence-corrected chi connectivity index (χ0v) is 6.56. The van der Waals surface area contributed by atoms with Gasteiger partial charge in [0.2, 0.25) is 0 Å². The van der Waals surface area contributed by atoms with Gasteiger partial charge in [0.1, 0.15) is 9.83 Å². The number of nitrogens with zero attached hydrogens (tertiary/aromatic N) is 1. The fourth-order valence-electron chi connectivity index (χ4n) is 0.969. The summed E-state index contributed by atoms with van der Waals surface area (Å²) in [6.45, 7) is 0. The van der Waals surface area contributed by atoms with Gasteiger partial charge in [-0.1, -0.05) is 11.3 Å². The van der Waals surface area contributed by atoms with Crippen LogP contribution >= 0.6 is 11.3 Å². The maximum atomic E-state index is 5.68. The summed E-state index contributed by atoms with van der Waals surface area (Å²) in [4.78, 5) is 5.03. The second-order valence-corrected chi connectivity index (χ2v) is 3.27. The van der Waals surface area contributed by atoms with Crippen molar-refractivity contribution in [3.63, 3.8) is 0 Å². The Hall–Kier alpha value is -1.29. The zero-order valence-electron chi connectivity index (χ0n) is 5.74. The molecular weight excluding hydrogens is 158 g/mol. The monoisotopic (exact) mass is 165 g/mol. The Morgan fingerprint density at radius 3 is 2.91 bits per heavy atom. The average molecular weight is 165 g/mol. The number of aromatic nitrogens is 1. The molecule has 0 aliphatic rings. The Balaban J connectivity index is 2.92. The molecule has 0 atom stereocenters. The summed E-state index contributed by atoms with van der Waals surface area (Å²) < 4.78 is 0. The van der Waals surface area contributed by atoms with Crippen molar-refractivity contribution >= 4 is 32.2 Å². The highest BCUT2D eigenvalue weighted by atomic mass is 32.1. The van der Waals surface area contributed by atoms with Crippen LogP contribution in [0, 0.1) is 0 Å². The van der Waals surface area contributed by atoms with E-state index in [0.29, 0.717) is 10.7 Å². The fraction of sp³-hybridized carbons (Fsp3) is 0. The van der Waals surface area contributed by atoms with Crippen molar-refractivity contribution < 1.29 is 0 Å². The molecule has 0 bridgehead atoms. The van der Waals surface area contributed by atoms with E-state index in [0.717, 1.165) is 10.2 Å². The largest absolute Gasteiger partial charge is 0.396 e. The molecule has 0 saturated heterocycles. The van der Waals surface area contributed by atoms with Crippen LogP contribution in [0.1, 0.15) is 0 Å². The third kappa shape index (κ3) is 0.832. The van der Waals surface area contributed by atoms with Crippen molar-refractivity contribution in [1.82, 2.24) is 4.98 Å². The molecule has 4 N–H and O–H groups in total. The molecule has 0 aromatic carbocycles. The SMILES string of the molecule is Nc1sc2ncccc2c1N. The highest BCUT2D eigenvalue weighted by molar-refractivity contribution is 7.23. The maximum absolute atomic E-state index is 5.68. The average Bonchev–Trinajstić information content (AvgIpc) is 2.30. The van der Waals surface area contributed by atoms with Crippen LogP contribution in [-0.4, -0.2) is 4.98 Å². The standard InChI is InChI=1S/C7H7N3S/c8-5-4-2-1-3-10-7(4)11-6(5)9/h1-3H,8-9H2. The lowest BCUT2D eigenvalue weighted by atomic mass is 10.3. The summed E-state index contributed by atoms with van der Waals surface area (Å²) in [6, 6.07) is 3.77. The summed E-state index contributed by atoms with van der Waals surface area (Å²) in [5.41, 5.74) is 11.9. The van der Waals surface area contributed by atoms with Crippen molar-refractivity contribution in [1.29, 1.82) is 0 Å². The summed E-state index contributed by atoms with van der Waals surface area (Å²) in [7, 11) is 0. The number of anilines is 2. The number of hydrogen-bond donors (Lipinski definition) is 2. The van der Waals surface area contributed by atoms with E-state index in [1.807, 2.05) is 12.1 Å².